The number of aliphatic hydroxyl groups excluding tert-OH is 1. The molecular formula is C14H21ClN2O2. The number of ether oxygens (including phenoxy) is 1. The molecular weight excluding hydrogens is 264 g/mol. The van der Waals surface area contributed by atoms with Gasteiger partial charge in [-0.2, -0.15) is 0 Å². The monoisotopic (exact) mass is 284 g/mol. The van der Waals surface area contributed by atoms with E-state index in [9.17, 15) is 5.11 Å². The number of halogens is 1. The van der Waals surface area contributed by atoms with Crippen LogP contribution in [0.5, 0.6) is 0 Å². The Morgan fingerprint density at radius 2 is 2.37 bits per heavy atom. The molecule has 106 valence electrons. The molecule has 1 aromatic rings. The van der Waals surface area contributed by atoms with E-state index >= 15 is 0 Å². The number of nitrogens with zero attached hydrogens (tertiary/aromatic N) is 1. The first-order valence-electron chi connectivity index (χ1n) is 6.62. The first kappa shape index (κ1) is 14.6. The maximum Gasteiger partial charge on any atom is 0.129 e. The van der Waals surface area contributed by atoms with E-state index in [1.807, 2.05) is 0 Å². The Hall–Kier alpha value is -0.840. The van der Waals surface area contributed by atoms with E-state index in [-0.39, 0.29) is 0 Å². The number of nitrogens with two attached hydrogens (primary N) is 1. The highest BCUT2D eigenvalue weighted by atomic mass is 35.5. The van der Waals surface area contributed by atoms with Gasteiger partial charge in [0, 0.05) is 18.9 Å². The van der Waals surface area contributed by atoms with Gasteiger partial charge < -0.3 is 15.6 Å². The zero-order valence-electron chi connectivity index (χ0n) is 11.4. The van der Waals surface area contributed by atoms with E-state index in [4.69, 9.17) is 22.1 Å². The first-order chi connectivity index (χ1) is 8.98. The molecule has 3 atom stereocenters. The van der Waals surface area contributed by atoms with E-state index in [0.29, 0.717) is 22.3 Å². The zero-order valence-corrected chi connectivity index (χ0v) is 12.2. The van der Waals surface area contributed by atoms with Crippen LogP contribution in [-0.2, 0) is 4.74 Å². The number of aliphatic hydroxyl groups is 1. The van der Waals surface area contributed by atoms with Gasteiger partial charge in [-0.3, -0.25) is 0 Å². The molecule has 1 aliphatic rings. The molecule has 0 aromatic carbocycles. The van der Waals surface area contributed by atoms with Crippen molar-refractivity contribution in [3.8, 4) is 0 Å². The summed E-state index contributed by atoms with van der Waals surface area (Å²) < 4.78 is 5.68. The minimum absolute atomic E-state index is 0.312. The lowest BCUT2D eigenvalue weighted by Gasteiger charge is -2.42. The van der Waals surface area contributed by atoms with Crippen LogP contribution < -0.4 is 5.73 Å². The van der Waals surface area contributed by atoms with Gasteiger partial charge in [0.05, 0.1) is 10.6 Å². The van der Waals surface area contributed by atoms with Crippen molar-refractivity contribution >= 4 is 17.4 Å². The molecule has 0 aliphatic heterocycles. The fourth-order valence-corrected chi connectivity index (χ4v) is 3.22. The van der Waals surface area contributed by atoms with Crippen molar-refractivity contribution in [1.82, 2.24) is 4.98 Å². The van der Waals surface area contributed by atoms with Gasteiger partial charge in [-0.15, -0.1) is 0 Å². The summed E-state index contributed by atoms with van der Waals surface area (Å²) in [7, 11) is 1.65. The van der Waals surface area contributed by atoms with Crippen LogP contribution in [0, 0.1) is 5.92 Å². The van der Waals surface area contributed by atoms with Crippen molar-refractivity contribution in [2.75, 3.05) is 12.8 Å². The molecule has 0 saturated heterocycles. The number of aromatic nitrogens is 1. The molecule has 1 heterocycles. The summed E-state index contributed by atoms with van der Waals surface area (Å²) in [6.07, 6.45) is 4.53. The lowest BCUT2D eigenvalue weighted by Crippen LogP contribution is -2.43. The molecule has 19 heavy (non-hydrogen) atoms. The highest BCUT2D eigenvalue weighted by Crippen LogP contribution is 2.44. The first-order valence-corrected chi connectivity index (χ1v) is 7.00. The number of pyridine rings is 1. The van der Waals surface area contributed by atoms with Gasteiger partial charge in [0.25, 0.3) is 0 Å². The second kappa shape index (κ2) is 5.65. The van der Waals surface area contributed by atoms with Crippen molar-refractivity contribution in [3.05, 3.63) is 22.8 Å². The maximum atomic E-state index is 10.7. The predicted octanol–water partition coefficient (Wildman–Crippen LogP) is 2.95. The van der Waals surface area contributed by atoms with Gasteiger partial charge in [0.1, 0.15) is 11.9 Å². The Balaban J connectivity index is 2.34. The van der Waals surface area contributed by atoms with E-state index in [0.717, 1.165) is 19.3 Å². The van der Waals surface area contributed by atoms with Gasteiger partial charge in [0.2, 0.25) is 0 Å². The van der Waals surface area contributed by atoms with Gasteiger partial charge in [-0.1, -0.05) is 31.4 Å². The number of rotatable bonds is 3. The number of anilines is 1. The Kier molecular flexibility index (Phi) is 4.33. The van der Waals surface area contributed by atoms with Crippen LogP contribution in [0.3, 0.4) is 0 Å². The molecule has 1 aliphatic carbocycles. The summed E-state index contributed by atoms with van der Waals surface area (Å²) in [5.41, 5.74) is 5.83. The molecule has 1 saturated carbocycles. The topological polar surface area (TPSA) is 68.4 Å². The molecule has 2 rings (SSSR count). The van der Waals surface area contributed by atoms with Gasteiger partial charge >= 0.3 is 0 Å². The molecule has 1 fully saturated rings. The number of nitrogen functional groups attached to an aromatic ring is 1. The summed E-state index contributed by atoms with van der Waals surface area (Å²) in [5.74, 6) is 0.836. The summed E-state index contributed by atoms with van der Waals surface area (Å²) in [6, 6.07) is 1.68. The smallest absolute Gasteiger partial charge is 0.129 e. The van der Waals surface area contributed by atoms with Crippen LogP contribution >= 0.6 is 11.6 Å². The lowest BCUT2D eigenvalue weighted by atomic mass is 9.74. The lowest BCUT2D eigenvalue weighted by molar-refractivity contribution is -0.133. The Bertz CT molecular complexity index is 455. The molecule has 4 nitrogen and oxygen atoms in total. The van der Waals surface area contributed by atoms with Gasteiger partial charge in [-0.05, 0) is 24.8 Å². The molecule has 5 heteroatoms. The number of hydrogen-bond acceptors (Lipinski definition) is 4. The van der Waals surface area contributed by atoms with Crippen molar-refractivity contribution in [2.24, 2.45) is 5.92 Å². The Morgan fingerprint density at radius 3 is 3.00 bits per heavy atom. The third kappa shape index (κ3) is 2.86. The van der Waals surface area contributed by atoms with Crippen LogP contribution in [0.1, 0.15) is 44.3 Å². The van der Waals surface area contributed by atoms with Crippen molar-refractivity contribution < 1.29 is 9.84 Å². The standard InChI is InChI=1S/C14H21ClN2O2/c1-9-4-3-5-14(7-9,19-2)12(18)11-6-10(15)8-17-13(11)16/h6,8-9,12,18H,3-5,7H2,1-2H3,(H2,16,17). The van der Waals surface area contributed by atoms with Crippen LogP contribution in [0.2, 0.25) is 5.02 Å². The zero-order chi connectivity index (χ0) is 14.0. The van der Waals surface area contributed by atoms with Crippen LogP contribution in [0.4, 0.5) is 5.82 Å². The summed E-state index contributed by atoms with van der Waals surface area (Å²) >= 11 is 5.95. The fourth-order valence-electron chi connectivity index (χ4n) is 3.06. The molecule has 3 unspecified atom stereocenters. The SMILES string of the molecule is COC1(C(O)c2cc(Cl)cnc2N)CCCC(C)C1. The van der Waals surface area contributed by atoms with Crippen molar-refractivity contribution in [2.45, 2.75) is 44.3 Å². The third-order valence-electron chi connectivity index (χ3n) is 4.11. The van der Waals surface area contributed by atoms with E-state index in [1.54, 1.807) is 13.2 Å². The summed E-state index contributed by atoms with van der Waals surface area (Å²) in [4.78, 5) is 4.01. The molecule has 0 bridgehead atoms. The average Bonchev–Trinajstić information content (AvgIpc) is 2.40. The fraction of sp³-hybridized carbons (Fsp3) is 0.643. The highest BCUT2D eigenvalue weighted by Gasteiger charge is 2.43. The molecule has 0 amide bonds. The molecule has 1 aromatic heterocycles. The number of methoxy groups -OCH3 is 1. The normalized spacial score (nSPS) is 29.2. The van der Waals surface area contributed by atoms with Gasteiger partial charge in [0.15, 0.2) is 0 Å². The second-order valence-corrected chi connectivity index (χ2v) is 5.94. The maximum absolute atomic E-state index is 10.7. The van der Waals surface area contributed by atoms with Crippen molar-refractivity contribution in [3.63, 3.8) is 0 Å². The van der Waals surface area contributed by atoms with E-state index in [2.05, 4.69) is 11.9 Å². The molecule has 3 N–H and O–H groups in total. The third-order valence-corrected chi connectivity index (χ3v) is 4.31. The van der Waals surface area contributed by atoms with Crippen molar-refractivity contribution in [1.29, 1.82) is 0 Å². The van der Waals surface area contributed by atoms with E-state index < -0.39 is 11.7 Å². The van der Waals surface area contributed by atoms with E-state index in [1.165, 1.54) is 12.6 Å². The van der Waals surface area contributed by atoms with Crippen LogP contribution in [0.15, 0.2) is 12.3 Å². The Labute approximate surface area is 118 Å². The largest absolute Gasteiger partial charge is 0.385 e. The molecule has 0 radical (unpaired) electrons. The number of hydrogen-bond donors (Lipinski definition) is 2. The van der Waals surface area contributed by atoms with Crippen LogP contribution in [0.25, 0.3) is 0 Å². The van der Waals surface area contributed by atoms with Gasteiger partial charge in [-0.25, -0.2) is 4.98 Å². The van der Waals surface area contributed by atoms with Crippen LogP contribution in [-0.4, -0.2) is 22.8 Å². The Morgan fingerprint density at radius 1 is 1.63 bits per heavy atom. The second-order valence-electron chi connectivity index (χ2n) is 5.50. The average molecular weight is 285 g/mol. The molecule has 0 spiro atoms. The predicted molar refractivity (Wildman–Crippen MR) is 76.0 cm³/mol. The summed E-state index contributed by atoms with van der Waals surface area (Å²) in [5, 5.41) is 11.2. The minimum atomic E-state index is -0.800. The highest BCUT2D eigenvalue weighted by molar-refractivity contribution is 6.30. The quantitative estimate of drug-likeness (QED) is 0.895. The summed E-state index contributed by atoms with van der Waals surface area (Å²) in [6.45, 7) is 2.18. The minimum Gasteiger partial charge on any atom is -0.385 e.